The summed E-state index contributed by atoms with van der Waals surface area (Å²) in [6.07, 6.45) is 0. The molecule has 0 spiro atoms. The van der Waals surface area contributed by atoms with E-state index in [2.05, 4.69) is 130 Å². The van der Waals surface area contributed by atoms with Crippen molar-refractivity contribution in [3.05, 3.63) is 188 Å². The van der Waals surface area contributed by atoms with Crippen molar-refractivity contribution in [2.75, 3.05) is 0 Å². The predicted molar refractivity (Wildman–Crippen MR) is 232 cm³/mol. The smallest absolute Gasteiger partial charge is 0.167 e. The first-order valence-corrected chi connectivity index (χ1v) is 19.1. The number of hydrogen-bond acceptors (Lipinski definition) is 4. The van der Waals surface area contributed by atoms with Gasteiger partial charge >= 0.3 is 0 Å². The fourth-order valence-electron chi connectivity index (χ4n) is 8.63. The minimum Gasteiger partial charge on any atom is -0.453 e. The number of furan rings is 1. The molecule has 6 nitrogen and oxygen atoms in total. The zero-order chi connectivity index (χ0) is 37.5. The summed E-state index contributed by atoms with van der Waals surface area (Å²) >= 11 is 0. The molecule has 0 radical (unpaired) electrons. The Kier molecular flexibility index (Phi) is 6.83. The van der Waals surface area contributed by atoms with Crippen molar-refractivity contribution in [1.29, 1.82) is 0 Å². The molecular weight excluding hydrogens is 699 g/mol. The second-order valence-electron chi connectivity index (χ2n) is 14.4. The molecule has 0 fully saturated rings. The van der Waals surface area contributed by atoms with Crippen LogP contribution in [0.15, 0.2) is 192 Å². The van der Waals surface area contributed by atoms with Gasteiger partial charge in [0.1, 0.15) is 5.58 Å². The maximum absolute atomic E-state index is 7.08. The van der Waals surface area contributed by atoms with Crippen molar-refractivity contribution in [2.45, 2.75) is 0 Å². The van der Waals surface area contributed by atoms with E-state index < -0.39 is 0 Å². The van der Waals surface area contributed by atoms with Crippen LogP contribution < -0.4 is 0 Å². The third-order valence-electron chi connectivity index (χ3n) is 11.2. The molecule has 0 aliphatic carbocycles. The molecule has 0 aliphatic rings. The highest BCUT2D eigenvalue weighted by atomic mass is 16.3. The molecule has 4 heterocycles. The van der Waals surface area contributed by atoms with E-state index in [9.17, 15) is 0 Å². The van der Waals surface area contributed by atoms with Gasteiger partial charge in [0, 0.05) is 49.1 Å². The highest BCUT2D eigenvalue weighted by Gasteiger charge is 2.23. The molecule has 266 valence electrons. The van der Waals surface area contributed by atoms with Crippen LogP contribution in [0.5, 0.6) is 0 Å². The number of hydrogen-bond donors (Lipinski definition) is 0. The van der Waals surface area contributed by atoms with E-state index in [1.54, 1.807) is 0 Å². The van der Waals surface area contributed by atoms with Crippen LogP contribution in [-0.4, -0.2) is 24.1 Å². The van der Waals surface area contributed by atoms with Gasteiger partial charge in [-0.3, -0.25) is 0 Å². The molecule has 57 heavy (non-hydrogen) atoms. The second-order valence-corrected chi connectivity index (χ2v) is 14.4. The molecular formula is C51H31N5O. The summed E-state index contributed by atoms with van der Waals surface area (Å²) in [5, 5.41) is 6.80. The van der Waals surface area contributed by atoms with E-state index in [0.29, 0.717) is 17.5 Å². The van der Waals surface area contributed by atoms with Gasteiger partial charge < -0.3 is 13.6 Å². The molecule has 8 aromatic carbocycles. The van der Waals surface area contributed by atoms with Crippen molar-refractivity contribution in [2.24, 2.45) is 0 Å². The van der Waals surface area contributed by atoms with E-state index in [0.717, 1.165) is 61.0 Å². The van der Waals surface area contributed by atoms with Crippen LogP contribution in [0.1, 0.15) is 0 Å². The first-order chi connectivity index (χ1) is 28.3. The summed E-state index contributed by atoms with van der Waals surface area (Å²) in [5.74, 6) is 1.78. The van der Waals surface area contributed by atoms with Crippen LogP contribution >= 0.6 is 0 Å². The topological polar surface area (TPSA) is 61.7 Å². The Balaban J connectivity index is 1.12. The van der Waals surface area contributed by atoms with Crippen LogP contribution in [0.4, 0.5) is 0 Å². The second kappa shape index (κ2) is 12.3. The average Bonchev–Trinajstić information content (AvgIpc) is 3.94. The quantitative estimate of drug-likeness (QED) is 0.177. The normalized spacial score (nSPS) is 11.9. The van der Waals surface area contributed by atoms with Crippen LogP contribution in [0.2, 0.25) is 0 Å². The van der Waals surface area contributed by atoms with Crippen LogP contribution in [-0.2, 0) is 0 Å². The molecule has 6 heteroatoms. The van der Waals surface area contributed by atoms with Crippen LogP contribution in [0, 0.1) is 0 Å². The number of para-hydroxylation sites is 5. The van der Waals surface area contributed by atoms with E-state index in [-0.39, 0.29) is 0 Å². The van der Waals surface area contributed by atoms with E-state index >= 15 is 0 Å². The average molecular weight is 730 g/mol. The zero-order valence-electron chi connectivity index (χ0n) is 30.5. The standard InChI is InChI=1S/C51H31N5O/c1-4-16-32(17-5-1)49-52-50(33-18-6-2-7-19-33)54-51(53-49)39-26-14-24-37-38-25-15-29-44(48(38)57-47(37)39)56-43-28-13-11-23-36(43)41-30-45-40(31-46(41)56)35-22-10-12-27-42(35)55(45)34-20-8-3-9-21-34/h1-31H. The Bertz CT molecular complexity index is 3450. The van der Waals surface area contributed by atoms with E-state index in [1.165, 1.54) is 32.6 Å². The molecule has 0 unspecified atom stereocenters. The van der Waals surface area contributed by atoms with Gasteiger partial charge in [0.2, 0.25) is 0 Å². The summed E-state index contributed by atoms with van der Waals surface area (Å²) in [4.78, 5) is 15.1. The summed E-state index contributed by atoms with van der Waals surface area (Å²) in [7, 11) is 0. The Morgan fingerprint density at radius 2 is 0.807 bits per heavy atom. The Hall–Kier alpha value is -7.83. The summed E-state index contributed by atoms with van der Waals surface area (Å²) in [6, 6.07) is 65.5. The summed E-state index contributed by atoms with van der Waals surface area (Å²) < 4.78 is 11.8. The number of fused-ring (bicyclic) bond motifs is 9. The third kappa shape index (κ3) is 4.81. The van der Waals surface area contributed by atoms with E-state index in [4.69, 9.17) is 19.4 Å². The van der Waals surface area contributed by atoms with Gasteiger partial charge in [0.05, 0.1) is 33.3 Å². The number of aromatic nitrogens is 5. The first kappa shape index (κ1) is 31.5. The summed E-state index contributed by atoms with van der Waals surface area (Å²) in [6.45, 7) is 0. The Labute approximate surface area is 326 Å². The molecule has 0 saturated carbocycles. The van der Waals surface area contributed by atoms with Crippen molar-refractivity contribution >= 4 is 65.6 Å². The molecule has 0 bridgehead atoms. The van der Waals surface area contributed by atoms with Crippen molar-refractivity contribution in [3.63, 3.8) is 0 Å². The zero-order valence-corrected chi connectivity index (χ0v) is 30.5. The van der Waals surface area contributed by atoms with Crippen LogP contribution in [0.25, 0.3) is 111 Å². The SMILES string of the molecule is c1ccc(-c2nc(-c3ccccc3)nc(-c3cccc4c3oc3c(-n5c6ccccc6c6cc7c(cc65)c5ccccc5n7-c5ccccc5)cccc34)n2)cc1. The molecule has 0 amide bonds. The van der Waals surface area contributed by atoms with Crippen LogP contribution in [0.3, 0.4) is 0 Å². The highest BCUT2D eigenvalue weighted by molar-refractivity contribution is 6.20. The lowest BCUT2D eigenvalue weighted by molar-refractivity contribution is 0.667. The van der Waals surface area contributed by atoms with Crippen molar-refractivity contribution < 1.29 is 4.42 Å². The van der Waals surface area contributed by atoms with Gasteiger partial charge in [-0.2, -0.15) is 0 Å². The molecule has 12 aromatic rings. The Morgan fingerprint density at radius 1 is 0.333 bits per heavy atom. The lowest BCUT2D eigenvalue weighted by Crippen LogP contribution is -2.00. The van der Waals surface area contributed by atoms with Gasteiger partial charge in [-0.1, -0.05) is 140 Å². The molecule has 0 N–H and O–H groups in total. The number of benzene rings is 8. The molecule has 0 atom stereocenters. The first-order valence-electron chi connectivity index (χ1n) is 19.1. The van der Waals surface area contributed by atoms with Gasteiger partial charge in [0.25, 0.3) is 0 Å². The number of nitrogens with zero attached hydrogens (tertiary/aromatic N) is 5. The maximum Gasteiger partial charge on any atom is 0.167 e. The molecule has 0 aliphatic heterocycles. The van der Waals surface area contributed by atoms with Gasteiger partial charge in [-0.25, -0.2) is 15.0 Å². The lowest BCUT2D eigenvalue weighted by atomic mass is 10.1. The van der Waals surface area contributed by atoms with Gasteiger partial charge in [-0.05, 0) is 48.5 Å². The fraction of sp³-hybridized carbons (Fsp3) is 0. The molecule has 4 aromatic heterocycles. The largest absolute Gasteiger partial charge is 0.453 e. The lowest BCUT2D eigenvalue weighted by Gasteiger charge is -2.09. The number of rotatable bonds is 5. The monoisotopic (exact) mass is 729 g/mol. The maximum atomic E-state index is 7.08. The highest BCUT2D eigenvalue weighted by Crippen LogP contribution is 2.43. The van der Waals surface area contributed by atoms with Gasteiger partial charge in [-0.15, -0.1) is 0 Å². The minimum absolute atomic E-state index is 0.558. The van der Waals surface area contributed by atoms with Gasteiger partial charge in [0.15, 0.2) is 23.1 Å². The fourth-order valence-corrected chi connectivity index (χ4v) is 8.63. The minimum atomic E-state index is 0.558. The van der Waals surface area contributed by atoms with Crippen molar-refractivity contribution in [1.82, 2.24) is 24.1 Å². The molecule has 0 saturated heterocycles. The summed E-state index contributed by atoms with van der Waals surface area (Å²) in [5.41, 5.74) is 10.9. The molecule has 12 rings (SSSR count). The Morgan fingerprint density at radius 3 is 1.44 bits per heavy atom. The van der Waals surface area contributed by atoms with E-state index in [1.807, 2.05) is 66.7 Å². The predicted octanol–water partition coefficient (Wildman–Crippen LogP) is 13.0. The third-order valence-corrected chi connectivity index (χ3v) is 11.2. The van der Waals surface area contributed by atoms with Crippen molar-refractivity contribution in [3.8, 4) is 45.5 Å².